The van der Waals surface area contributed by atoms with Gasteiger partial charge >= 0.3 is 5.97 Å². The predicted molar refractivity (Wildman–Crippen MR) is 81.4 cm³/mol. The Morgan fingerprint density at radius 2 is 2.18 bits per heavy atom. The topological polar surface area (TPSA) is 91.6 Å². The van der Waals surface area contributed by atoms with Crippen LogP contribution in [-0.2, 0) is 4.74 Å². The molecule has 2 rings (SSSR count). The van der Waals surface area contributed by atoms with Crippen molar-refractivity contribution in [1.29, 1.82) is 0 Å². The van der Waals surface area contributed by atoms with Gasteiger partial charge in [0.1, 0.15) is 16.3 Å². The molecular weight excluding hydrogens is 308 g/mol. The normalized spacial score (nSPS) is 10.3. The number of aryl methyl sites for hydroxylation is 1. The van der Waals surface area contributed by atoms with Crippen molar-refractivity contribution in [1.82, 2.24) is 4.98 Å². The number of esters is 1. The SMILES string of the molecule is CCOC(=O)c1scnc1-c1cc(OC)cc(C)c1[N+](=O)[O-]. The highest BCUT2D eigenvalue weighted by Crippen LogP contribution is 2.38. The number of rotatable bonds is 5. The molecule has 0 N–H and O–H groups in total. The van der Waals surface area contributed by atoms with E-state index in [1.165, 1.54) is 18.7 Å². The molecule has 0 aliphatic heterocycles. The van der Waals surface area contributed by atoms with Gasteiger partial charge in [0, 0.05) is 5.56 Å². The van der Waals surface area contributed by atoms with Crippen molar-refractivity contribution in [3.05, 3.63) is 38.2 Å². The summed E-state index contributed by atoms with van der Waals surface area (Å²) in [5, 5.41) is 11.4. The smallest absolute Gasteiger partial charge is 0.350 e. The van der Waals surface area contributed by atoms with Gasteiger partial charge in [0.15, 0.2) is 0 Å². The van der Waals surface area contributed by atoms with E-state index in [1.54, 1.807) is 19.9 Å². The summed E-state index contributed by atoms with van der Waals surface area (Å²) in [6, 6.07) is 3.07. The number of nitrogens with zero attached hydrogens (tertiary/aromatic N) is 2. The molecule has 0 saturated heterocycles. The fraction of sp³-hybridized carbons (Fsp3) is 0.286. The van der Waals surface area contributed by atoms with Gasteiger partial charge in [-0.2, -0.15) is 0 Å². The molecule has 0 amide bonds. The molecule has 1 aromatic heterocycles. The lowest BCUT2D eigenvalue weighted by Gasteiger charge is -2.08. The Labute approximate surface area is 130 Å². The average Bonchev–Trinajstić information content (AvgIpc) is 2.95. The minimum atomic E-state index is -0.547. The zero-order valence-electron chi connectivity index (χ0n) is 12.3. The third-order valence-corrected chi connectivity index (χ3v) is 3.78. The molecule has 0 bridgehead atoms. The monoisotopic (exact) mass is 322 g/mol. The number of carbonyl (C=O) groups excluding carboxylic acids is 1. The maximum Gasteiger partial charge on any atom is 0.350 e. The Balaban J connectivity index is 2.67. The van der Waals surface area contributed by atoms with Crippen molar-refractivity contribution in [3.8, 4) is 17.0 Å². The lowest BCUT2D eigenvalue weighted by atomic mass is 10.0. The van der Waals surface area contributed by atoms with Gasteiger partial charge < -0.3 is 9.47 Å². The van der Waals surface area contributed by atoms with Crippen molar-refractivity contribution >= 4 is 23.0 Å². The van der Waals surface area contributed by atoms with Crippen molar-refractivity contribution in [3.63, 3.8) is 0 Å². The van der Waals surface area contributed by atoms with E-state index in [1.807, 2.05) is 0 Å². The summed E-state index contributed by atoms with van der Waals surface area (Å²) >= 11 is 1.08. The largest absolute Gasteiger partial charge is 0.497 e. The van der Waals surface area contributed by atoms with E-state index in [0.717, 1.165) is 11.3 Å². The van der Waals surface area contributed by atoms with Gasteiger partial charge in [-0.25, -0.2) is 9.78 Å². The number of carbonyl (C=O) groups is 1. The van der Waals surface area contributed by atoms with E-state index < -0.39 is 10.9 Å². The van der Waals surface area contributed by atoms with E-state index in [0.29, 0.717) is 11.3 Å². The highest BCUT2D eigenvalue weighted by Gasteiger charge is 2.26. The van der Waals surface area contributed by atoms with Crippen LogP contribution in [0.5, 0.6) is 5.75 Å². The van der Waals surface area contributed by atoms with Gasteiger partial charge in [-0.05, 0) is 26.0 Å². The van der Waals surface area contributed by atoms with Crippen LogP contribution in [0.1, 0.15) is 22.2 Å². The van der Waals surface area contributed by atoms with Crippen molar-refractivity contribution < 1.29 is 19.2 Å². The van der Waals surface area contributed by atoms with Crippen LogP contribution in [-0.4, -0.2) is 29.6 Å². The van der Waals surface area contributed by atoms with E-state index in [2.05, 4.69) is 4.98 Å². The molecule has 0 saturated carbocycles. The Kier molecular flexibility index (Phi) is 4.71. The second-order valence-electron chi connectivity index (χ2n) is 4.35. The Morgan fingerprint density at radius 3 is 2.77 bits per heavy atom. The van der Waals surface area contributed by atoms with Crippen LogP contribution in [0.2, 0.25) is 0 Å². The lowest BCUT2D eigenvalue weighted by Crippen LogP contribution is -2.05. The molecule has 0 unspecified atom stereocenters. The second-order valence-corrected chi connectivity index (χ2v) is 5.20. The summed E-state index contributed by atoms with van der Waals surface area (Å²) < 4.78 is 10.1. The number of hydrogen-bond acceptors (Lipinski definition) is 7. The maximum atomic E-state index is 12.0. The minimum absolute atomic E-state index is 0.0998. The quantitative estimate of drug-likeness (QED) is 0.477. The van der Waals surface area contributed by atoms with Crippen LogP contribution in [0.25, 0.3) is 11.3 Å². The number of aromatic nitrogens is 1. The molecule has 0 aliphatic carbocycles. The predicted octanol–water partition coefficient (Wildman–Crippen LogP) is 3.21. The average molecular weight is 322 g/mol. The molecule has 7 nitrogen and oxygen atoms in total. The summed E-state index contributed by atoms with van der Waals surface area (Å²) in [5.41, 5.74) is 2.27. The van der Waals surface area contributed by atoms with Gasteiger partial charge in [-0.15, -0.1) is 11.3 Å². The molecule has 22 heavy (non-hydrogen) atoms. The second kappa shape index (κ2) is 6.52. The molecule has 0 fully saturated rings. The summed E-state index contributed by atoms with van der Waals surface area (Å²) in [4.78, 5) is 27.2. The fourth-order valence-electron chi connectivity index (χ4n) is 2.07. The van der Waals surface area contributed by atoms with Crippen LogP contribution >= 0.6 is 11.3 Å². The standard InChI is InChI=1S/C14H14N2O5S/c1-4-21-14(17)13-11(15-7-22-13)10-6-9(20-3)5-8(2)12(10)16(18)19/h5-7H,4H2,1-3H3. The van der Waals surface area contributed by atoms with E-state index in [-0.39, 0.29) is 28.4 Å². The first-order valence-corrected chi connectivity index (χ1v) is 7.31. The lowest BCUT2D eigenvalue weighted by molar-refractivity contribution is -0.384. The third kappa shape index (κ3) is 2.91. The van der Waals surface area contributed by atoms with Gasteiger partial charge in [-0.1, -0.05) is 0 Å². The van der Waals surface area contributed by atoms with Gasteiger partial charge in [0.2, 0.25) is 0 Å². The van der Waals surface area contributed by atoms with E-state index in [4.69, 9.17) is 9.47 Å². The van der Waals surface area contributed by atoms with Crippen LogP contribution < -0.4 is 4.74 Å². The van der Waals surface area contributed by atoms with Crippen LogP contribution in [0.3, 0.4) is 0 Å². The van der Waals surface area contributed by atoms with Crippen LogP contribution in [0.15, 0.2) is 17.6 Å². The zero-order valence-corrected chi connectivity index (χ0v) is 13.1. The number of benzene rings is 1. The number of hydrogen-bond donors (Lipinski definition) is 0. The molecule has 0 atom stereocenters. The maximum absolute atomic E-state index is 12.0. The van der Waals surface area contributed by atoms with E-state index in [9.17, 15) is 14.9 Å². The molecule has 2 aromatic rings. The summed E-state index contributed by atoms with van der Waals surface area (Å²) in [6.07, 6.45) is 0. The summed E-state index contributed by atoms with van der Waals surface area (Å²) in [5.74, 6) is -0.0873. The molecule has 0 radical (unpaired) electrons. The van der Waals surface area contributed by atoms with Crippen LogP contribution in [0, 0.1) is 17.0 Å². The number of nitro groups is 1. The molecule has 1 aromatic carbocycles. The first-order valence-electron chi connectivity index (χ1n) is 6.43. The number of nitro benzene ring substituents is 1. The number of thiazole rings is 1. The first-order chi connectivity index (χ1) is 10.5. The van der Waals surface area contributed by atoms with Crippen molar-refractivity contribution in [2.24, 2.45) is 0 Å². The molecule has 0 aliphatic rings. The van der Waals surface area contributed by atoms with E-state index >= 15 is 0 Å². The molecular formula is C14H14N2O5S. The summed E-state index contributed by atoms with van der Waals surface area (Å²) in [7, 11) is 1.47. The Bertz CT molecular complexity index is 726. The van der Waals surface area contributed by atoms with Crippen molar-refractivity contribution in [2.45, 2.75) is 13.8 Å². The molecule has 8 heteroatoms. The molecule has 1 heterocycles. The van der Waals surface area contributed by atoms with Gasteiger partial charge in [-0.3, -0.25) is 10.1 Å². The third-order valence-electron chi connectivity index (χ3n) is 2.98. The zero-order chi connectivity index (χ0) is 16.3. The fourth-order valence-corrected chi connectivity index (χ4v) is 2.76. The van der Waals surface area contributed by atoms with Gasteiger partial charge in [0.25, 0.3) is 5.69 Å². The molecule has 116 valence electrons. The van der Waals surface area contributed by atoms with Crippen LogP contribution in [0.4, 0.5) is 5.69 Å². The Hall–Kier alpha value is -2.48. The highest BCUT2D eigenvalue weighted by molar-refractivity contribution is 7.12. The first kappa shape index (κ1) is 15.9. The van der Waals surface area contributed by atoms with Crippen molar-refractivity contribution in [2.75, 3.05) is 13.7 Å². The van der Waals surface area contributed by atoms with Gasteiger partial charge in [0.05, 0.1) is 29.7 Å². The highest BCUT2D eigenvalue weighted by atomic mass is 32.1. The number of ether oxygens (including phenoxy) is 2. The molecule has 0 spiro atoms. The number of methoxy groups -OCH3 is 1. The summed E-state index contributed by atoms with van der Waals surface area (Å²) in [6.45, 7) is 3.52. The Morgan fingerprint density at radius 1 is 1.45 bits per heavy atom. The minimum Gasteiger partial charge on any atom is -0.497 e.